The molecule has 1 aliphatic rings. The summed E-state index contributed by atoms with van der Waals surface area (Å²) >= 11 is 7.70. The fraction of sp³-hybridized carbons (Fsp3) is 0.238. The number of thiazole rings is 1. The number of benzene rings is 2. The number of aromatic nitrogens is 1. The second-order valence-corrected chi connectivity index (χ2v) is 8.06. The summed E-state index contributed by atoms with van der Waals surface area (Å²) in [4.78, 5) is 17.2. The summed E-state index contributed by atoms with van der Waals surface area (Å²) in [5, 5.41) is 6.50. The molecule has 0 saturated heterocycles. The van der Waals surface area contributed by atoms with Crippen molar-refractivity contribution < 1.29 is 9.18 Å². The summed E-state index contributed by atoms with van der Waals surface area (Å²) in [7, 11) is 0. The van der Waals surface area contributed by atoms with Gasteiger partial charge in [0.15, 0.2) is 0 Å². The molecular weight excluding hydrogens is 383 g/mol. The molecule has 1 N–H and O–H groups in total. The number of carbonyl (C=O) groups excluding carboxylic acids is 1. The van der Waals surface area contributed by atoms with E-state index in [1.54, 1.807) is 12.1 Å². The average molecular weight is 401 g/mol. The van der Waals surface area contributed by atoms with Crippen molar-refractivity contribution in [3.63, 3.8) is 0 Å². The molecule has 6 heteroatoms. The lowest BCUT2D eigenvalue weighted by atomic mass is 9.71. The Morgan fingerprint density at radius 3 is 2.59 bits per heavy atom. The van der Waals surface area contributed by atoms with Crippen molar-refractivity contribution in [3.8, 4) is 10.6 Å². The quantitative estimate of drug-likeness (QED) is 0.628. The van der Waals surface area contributed by atoms with Gasteiger partial charge in [-0.1, -0.05) is 41.9 Å². The minimum Gasteiger partial charge on any atom is -0.346 e. The van der Waals surface area contributed by atoms with Gasteiger partial charge in [-0.2, -0.15) is 0 Å². The van der Waals surface area contributed by atoms with E-state index < -0.39 is 0 Å². The zero-order chi connectivity index (χ0) is 18.9. The first-order valence-electron chi connectivity index (χ1n) is 8.82. The predicted octanol–water partition coefficient (Wildman–Crippen LogP) is 5.34. The summed E-state index contributed by atoms with van der Waals surface area (Å²) in [6.07, 6.45) is 2.99. The van der Waals surface area contributed by atoms with Crippen LogP contribution < -0.4 is 5.32 Å². The molecule has 1 aliphatic carbocycles. The minimum atomic E-state index is -0.383. The molecule has 0 bridgehead atoms. The Labute approximate surface area is 166 Å². The molecule has 1 heterocycles. The number of nitrogens with zero attached hydrogens (tertiary/aromatic N) is 1. The largest absolute Gasteiger partial charge is 0.346 e. The van der Waals surface area contributed by atoms with E-state index in [4.69, 9.17) is 11.6 Å². The van der Waals surface area contributed by atoms with E-state index >= 15 is 0 Å². The van der Waals surface area contributed by atoms with Crippen LogP contribution in [-0.4, -0.2) is 10.9 Å². The highest BCUT2D eigenvalue weighted by Gasteiger charge is 2.40. The molecule has 0 radical (unpaired) electrons. The number of halogens is 2. The highest BCUT2D eigenvalue weighted by atomic mass is 35.5. The van der Waals surface area contributed by atoms with Crippen LogP contribution in [0.2, 0.25) is 5.02 Å². The minimum absolute atomic E-state index is 0.0740. The van der Waals surface area contributed by atoms with E-state index in [9.17, 15) is 9.18 Å². The van der Waals surface area contributed by atoms with Crippen LogP contribution in [0.1, 0.15) is 30.5 Å². The SMILES string of the molecule is O=C(Cc1csc(-c2ccccc2Cl)n1)NC1(c2ccc(F)cc2)CCC1. The maximum atomic E-state index is 13.2. The molecule has 1 aromatic heterocycles. The predicted molar refractivity (Wildman–Crippen MR) is 106 cm³/mol. The third kappa shape index (κ3) is 3.75. The number of hydrogen-bond donors (Lipinski definition) is 1. The number of rotatable bonds is 5. The molecular formula is C21H18ClFN2OS. The highest BCUT2D eigenvalue weighted by Crippen LogP contribution is 2.41. The van der Waals surface area contributed by atoms with Crippen LogP contribution in [0, 0.1) is 5.82 Å². The van der Waals surface area contributed by atoms with E-state index in [1.807, 2.05) is 29.6 Å². The number of nitrogens with one attached hydrogen (secondary N) is 1. The lowest BCUT2D eigenvalue weighted by Gasteiger charge is -2.43. The van der Waals surface area contributed by atoms with Gasteiger partial charge in [-0.25, -0.2) is 9.37 Å². The van der Waals surface area contributed by atoms with Crippen molar-refractivity contribution in [1.82, 2.24) is 10.3 Å². The molecule has 1 amide bonds. The van der Waals surface area contributed by atoms with Crippen molar-refractivity contribution in [2.75, 3.05) is 0 Å². The fourth-order valence-corrected chi connectivity index (χ4v) is 4.55. The monoisotopic (exact) mass is 400 g/mol. The van der Waals surface area contributed by atoms with Gasteiger partial charge in [0.1, 0.15) is 10.8 Å². The van der Waals surface area contributed by atoms with Gasteiger partial charge in [0.25, 0.3) is 0 Å². The Kier molecular flexibility index (Phi) is 4.98. The molecule has 0 aliphatic heterocycles. The Balaban J connectivity index is 1.47. The Bertz CT molecular complexity index is 966. The van der Waals surface area contributed by atoms with Crippen LogP contribution in [0.4, 0.5) is 4.39 Å². The first kappa shape index (κ1) is 18.1. The lowest BCUT2D eigenvalue weighted by Crippen LogP contribution is -2.51. The Morgan fingerprint density at radius 2 is 1.93 bits per heavy atom. The summed E-state index contributed by atoms with van der Waals surface area (Å²) < 4.78 is 13.2. The van der Waals surface area contributed by atoms with Crippen LogP contribution in [0.5, 0.6) is 0 Å². The lowest BCUT2D eigenvalue weighted by molar-refractivity contribution is -0.123. The third-order valence-electron chi connectivity index (χ3n) is 4.98. The normalized spacial score (nSPS) is 15.2. The summed E-state index contributed by atoms with van der Waals surface area (Å²) in [6, 6.07) is 13.9. The molecule has 0 atom stereocenters. The van der Waals surface area contributed by atoms with E-state index in [-0.39, 0.29) is 23.7 Å². The maximum Gasteiger partial charge on any atom is 0.226 e. The summed E-state index contributed by atoms with van der Waals surface area (Å²) in [5.74, 6) is -0.343. The first-order chi connectivity index (χ1) is 13.1. The fourth-order valence-electron chi connectivity index (χ4n) is 3.41. The second-order valence-electron chi connectivity index (χ2n) is 6.79. The topological polar surface area (TPSA) is 42.0 Å². The molecule has 2 aromatic carbocycles. The van der Waals surface area contributed by atoms with Gasteiger partial charge in [0.2, 0.25) is 5.91 Å². The van der Waals surface area contributed by atoms with Gasteiger partial charge >= 0.3 is 0 Å². The van der Waals surface area contributed by atoms with Gasteiger partial charge < -0.3 is 5.32 Å². The van der Waals surface area contributed by atoms with Crippen LogP contribution in [0.15, 0.2) is 53.9 Å². The number of amides is 1. The molecule has 3 aromatic rings. The summed E-state index contributed by atoms with van der Waals surface area (Å²) in [6.45, 7) is 0. The van der Waals surface area contributed by atoms with E-state index in [1.165, 1.54) is 23.5 Å². The smallest absolute Gasteiger partial charge is 0.226 e. The van der Waals surface area contributed by atoms with E-state index in [0.717, 1.165) is 41.1 Å². The average Bonchev–Trinajstić information content (AvgIpc) is 3.07. The third-order valence-corrected chi connectivity index (χ3v) is 6.23. The van der Waals surface area contributed by atoms with Crippen molar-refractivity contribution >= 4 is 28.8 Å². The standard InChI is InChI=1S/C21H18ClFN2OS/c22-18-5-2-1-4-17(18)20-24-16(13-27-20)12-19(26)25-21(10-3-11-21)14-6-8-15(23)9-7-14/h1-2,4-9,13H,3,10-12H2,(H,25,26). The Morgan fingerprint density at radius 1 is 1.19 bits per heavy atom. The maximum absolute atomic E-state index is 13.2. The van der Waals surface area contributed by atoms with Crippen LogP contribution in [-0.2, 0) is 16.8 Å². The van der Waals surface area contributed by atoms with Gasteiger partial charge in [-0.15, -0.1) is 11.3 Å². The van der Waals surface area contributed by atoms with Gasteiger partial charge in [-0.3, -0.25) is 4.79 Å². The second kappa shape index (κ2) is 7.41. The van der Waals surface area contributed by atoms with Crippen molar-refractivity contribution in [2.24, 2.45) is 0 Å². The van der Waals surface area contributed by atoms with E-state index in [0.29, 0.717) is 5.02 Å². The number of hydrogen-bond acceptors (Lipinski definition) is 3. The van der Waals surface area contributed by atoms with E-state index in [2.05, 4.69) is 10.3 Å². The molecule has 1 fully saturated rings. The molecule has 1 saturated carbocycles. The molecule has 138 valence electrons. The van der Waals surface area contributed by atoms with Crippen molar-refractivity contribution in [3.05, 3.63) is 76.0 Å². The first-order valence-corrected chi connectivity index (χ1v) is 10.1. The molecule has 0 spiro atoms. The van der Waals surface area contributed by atoms with Crippen molar-refractivity contribution in [1.29, 1.82) is 0 Å². The van der Waals surface area contributed by atoms with Crippen LogP contribution in [0.25, 0.3) is 10.6 Å². The van der Waals surface area contributed by atoms with Crippen LogP contribution >= 0.6 is 22.9 Å². The van der Waals surface area contributed by atoms with Gasteiger partial charge in [-0.05, 0) is 43.0 Å². The van der Waals surface area contributed by atoms with Crippen molar-refractivity contribution in [2.45, 2.75) is 31.2 Å². The number of carbonyl (C=O) groups is 1. The van der Waals surface area contributed by atoms with Gasteiger partial charge in [0.05, 0.1) is 22.7 Å². The molecule has 0 unspecified atom stereocenters. The van der Waals surface area contributed by atoms with Crippen LogP contribution in [0.3, 0.4) is 0 Å². The summed E-state index contributed by atoms with van der Waals surface area (Å²) in [5.41, 5.74) is 2.17. The highest BCUT2D eigenvalue weighted by molar-refractivity contribution is 7.13. The zero-order valence-corrected chi connectivity index (χ0v) is 16.1. The molecule has 3 nitrogen and oxygen atoms in total. The van der Waals surface area contributed by atoms with Gasteiger partial charge in [0, 0.05) is 10.9 Å². The Hall–Kier alpha value is -2.24. The zero-order valence-electron chi connectivity index (χ0n) is 14.5. The molecule has 27 heavy (non-hydrogen) atoms. The molecule has 4 rings (SSSR count).